The van der Waals surface area contributed by atoms with Crippen LogP contribution in [0.1, 0.15) is 29.2 Å². The van der Waals surface area contributed by atoms with Gasteiger partial charge in [-0.05, 0) is 47.9 Å². The Morgan fingerprint density at radius 3 is 2.28 bits per heavy atom. The first-order chi connectivity index (χ1) is 13.3. The number of nitrogens with two attached hydrogens (primary N) is 1. The van der Waals surface area contributed by atoms with Crippen LogP contribution in [0.15, 0.2) is 36.4 Å². The number of alkyl halides is 6. The number of rotatable bonds is 4. The second kappa shape index (κ2) is 6.94. The minimum atomic E-state index is -4.83. The molecule has 0 bridgehead atoms. The molecule has 0 spiro atoms. The van der Waals surface area contributed by atoms with Crippen molar-refractivity contribution < 1.29 is 35.9 Å². The Morgan fingerprint density at radius 1 is 1.14 bits per heavy atom. The minimum absolute atomic E-state index is 0.0273. The van der Waals surface area contributed by atoms with Crippen LogP contribution in [-0.2, 0) is 29.6 Å². The molecule has 0 aromatic heterocycles. The number of nitrogens with zero attached hydrogens (tertiary/aromatic N) is 1. The van der Waals surface area contributed by atoms with E-state index in [9.17, 15) is 31.1 Å². The van der Waals surface area contributed by atoms with Crippen molar-refractivity contribution in [3.05, 3.63) is 58.7 Å². The maximum atomic E-state index is 13.5. The Balaban J connectivity index is 1.93. The lowest BCUT2D eigenvalue weighted by Crippen LogP contribution is -2.40. The van der Waals surface area contributed by atoms with Gasteiger partial charge in [0.05, 0.1) is 5.56 Å². The van der Waals surface area contributed by atoms with E-state index >= 15 is 0 Å². The average molecular weight is 418 g/mol. The third-order valence-corrected chi connectivity index (χ3v) is 4.83. The van der Waals surface area contributed by atoms with Crippen LogP contribution in [0.2, 0.25) is 0 Å². The van der Waals surface area contributed by atoms with Crippen molar-refractivity contribution in [1.29, 1.82) is 0 Å². The number of anilines is 1. The lowest BCUT2D eigenvalue weighted by atomic mass is 9.88. The van der Waals surface area contributed by atoms with Crippen LogP contribution in [-0.4, -0.2) is 17.5 Å². The lowest BCUT2D eigenvalue weighted by Gasteiger charge is -2.32. The molecule has 0 saturated carbocycles. The summed E-state index contributed by atoms with van der Waals surface area (Å²) in [7, 11) is 0. The number of aldehydes is 1. The molecule has 1 heterocycles. The molecular weight excluding hydrogens is 402 g/mol. The standard InChI is InChI=1S/C19H16F6N2O2/c1-17(10-28)16-12(6-13(26)7-15(16)18(20,21)22)9-27(17)8-11-2-4-14(5-3-11)29-19(23,24)25/h2-7,10H,8-9,26H2,1H3. The van der Waals surface area contributed by atoms with Gasteiger partial charge < -0.3 is 15.3 Å². The molecule has 1 aliphatic heterocycles. The predicted molar refractivity (Wildman–Crippen MR) is 91.6 cm³/mol. The normalized spacial score (nSPS) is 19.8. The minimum Gasteiger partial charge on any atom is -0.406 e. The molecule has 156 valence electrons. The molecule has 2 aromatic rings. The summed E-state index contributed by atoms with van der Waals surface area (Å²) < 4.78 is 81.2. The van der Waals surface area contributed by atoms with Gasteiger partial charge in [-0.15, -0.1) is 13.2 Å². The van der Waals surface area contributed by atoms with Gasteiger partial charge in [0.15, 0.2) is 0 Å². The van der Waals surface area contributed by atoms with Crippen LogP contribution in [0.25, 0.3) is 0 Å². The van der Waals surface area contributed by atoms with Gasteiger partial charge in [0.2, 0.25) is 0 Å². The van der Waals surface area contributed by atoms with Gasteiger partial charge in [0.25, 0.3) is 0 Å². The zero-order valence-corrected chi connectivity index (χ0v) is 15.1. The smallest absolute Gasteiger partial charge is 0.406 e. The van der Waals surface area contributed by atoms with Crippen LogP contribution < -0.4 is 10.5 Å². The summed E-state index contributed by atoms with van der Waals surface area (Å²) in [4.78, 5) is 13.4. The van der Waals surface area contributed by atoms with Crippen molar-refractivity contribution >= 4 is 12.0 Å². The summed E-state index contributed by atoms with van der Waals surface area (Å²) in [6, 6.07) is 7.11. The first-order valence-electron chi connectivity index (χ1n) is 8.39. The third-order valence-electron chi connectivity index (χ3n) is 4.83. The van der Waals surface area contributed by atoms with Crippen molar-refractivity contribution in [2.45, 2.75) is 38.1 Å². The van der Waals surface area contributed by atoms with E-state index in [-0.39, 0.29) is 29.9 Å². The van der Waals surface area contributed by atoms with Gasteiger partial charge in [0.1, 0.15) is 17.6 Å². The highest BCUT2D eigenvalue weighted by molar-refractivity contribution is 5.73. The molecule has 0 amide bonds. The van der Waals surface area contributed by atoms with Gasteiger partial charge in [-0.2, -0.15) is 13.2 Å². The fraction of sp³-hybridized carbons (Fsp3) is 0.316. The quantitative estimate of drug-likeness (QED) is 0.448. The van der Waals surface area contributed by atoms with Crippen molar-refractivity contribution in [1.82, 2.24) is 4.90 Å². The molecule has 4 nitrogen and oxygen atoms in total. The molecule has 1 aliphatic rings. The highest BCUT2D eigenvalue weighted by Gasteiger charge is 2.48. The van der Waals surface area contributed by atoms with Gasteiger partial charge in [-0.25, -0.2) is 0 Å². The summed E-state index contributed by atoms with van der Waals surface area (Å²) in [5, 5.41) is 0. The maximum absolute atomic E-state index is 13.5. The molecule has 2 aromatic carbocycles. The number of ether oxygens (including phenoxy) is 1. The average Bonchev–Trinajstić information content (AvgIpc) is 2.86. The van der Waals surface area contributed by atoms with Crippen molar-refractivity contribution in [2.75, 3.05) is 5.73 Å². The van der Waals surface area contributed by atoms with E-state index in [4.69, 9.17) is 5.73 Å². The van der Waals surface area contributed by atoms with Crippen LogP contribution in [0.3, 0.4) is 0 Å². The SMILES string of the molecule is CC1(C=O)c2c(cc(N)cc2C(F)(F)F)CN1Cc1ccc(OC(F)(F)F)cc1. The Labute approximate surface area is 161 Å². The molecule has 10 heteroatoms. The number of hydrogen-bond acceptors (Lipinski definition) is 4. The number of benzene rings is 2. The summed E-state index contributed by atoms with van der Waals surface area (Å²) >= 11 is 0. The Bertz CT molecular complexity index is 924. The number of fused-ring (bicyclic) bond motifs is 1. The van der Waals surface area contributed by atoms with Gasteiger partial charge in [-0.1, -0.05) is 12.1 Å². The Kier molecular flexibility index (Phi) is 5.02. The maximum Gasteiger partial charge on any atom is 0.573 e. The summed E-state index contributed by atoms with van der Waals surface area (Å²) in [6.45, 7) is 1.44. The highest BCUT2D eigenvalue weighted by Crippen LogP contribution is 2.46. The number of carbonyl (C=O) groups is 1. The van der Waals surface area contributed by atoms with E-state index in [0.717, 1.165) is 18.2 Å². The first-order valence-corrected chi connectivity index (χ1v) is 8.39. The third kappa shape index (κ3) is 4.16. The van der Waals surface area contributed by atoms with Crippen LogP contribution in [0, 0.1) is 0 Å². The monoisotopic (exact) mass is 418 g/mol. The zero-order chi connectivity index (χ0) is 21.6. The molecule has 3 rings (SSSR count). The molecule has 0 fully saturated rings. The van der Waals surface area contributed by atoms with Crippen LogP contribution in [0.4, 0.5) is 32.0 Å². The molecule has 0 radical (unpaired) electrons. The second-order valence-electron chi connectivity index (χ2n) is 6.91. The van der Waals surface area contributed by atoms with E-state index < -0.39 is 29.4 Å². The van der Waals surface area contributed by atoms with Gasteiger partial charge >= 0.3 is 12.5 Å². The van der Waals surface area contributed by atoms with Crippen LogP contribution in [0.5, 0.6) is 5.75 Å². The van der Waals surface area contributed by atoms with Crippen LogP contribution >= 0.6 is 0 Å². The first kappa shape index (κ1) is 21.0. The predicted octanol–water partition coefficient (Wildman–Crippen LogP) is 4.62. The zero-order valence-electron chi connectivity index (χ0n) is 15.1. The fourth-order valence-electron chi connectivity index (χ4n) is 3.57. The van der Waals surface area contributed by atoms with E-state index in [1.807, 2.05) is 0 Å². The molecule has 29 heavy (non-hydrogen) atoms. The molecule has 0 aliphatic carbocycles. The van der Waals surface area contributed by atoms with E-state index in [0.29, 0.717) is 11.8 Å². The molecule has 2 N–H and O–H groups in total. The summed E-state index contributed by atoms with van der Waals surface area (Å²) in [6.07, 6.45) is -9.09. The van der Waals surface area contributed by atoms with Gasteiger partial charge in [-0.3, -0.25) is 4.90 Å². The Morgan fingerprint density at radius 2 is 1.76 bits per heavy atom. The Hall–Kier alpha value is -2.75. The van der Waals surface area contributed by atoms with Gasteiger partial charge in [0, 0.05) is 18.8 Å². The topological polar surface area (TPSA) is 55.6 Å². The number of carbonyl (C=O) groups excluding carboxylic acids is 1. The molecule has 0 saturated heterocycles. The lowest BCUT2D eigenvalue weighted by molar-refractivity contribution is -0.274. The fourth-order valence-corrected chi connectivity index (χ4v) is 3.57. The van der Waals surface area contributed by atoms with E-state index in [1.54, 1.807) is 0 Å². The largest absolute Gasteiger partial charge is 0.573 e. The molecule has 1 atom stereocenters. The number of halogens is 6. The number of nitrogen functional groups attached to an aromatic ring is 1. The molecular formula is C19H16F6N2O2. The van der Waals surface area contributed by atoms with Crippen molar-refractivity contribution in [2.24, 2.45) is 0 Å². The molecule has 1 unspecified atom stereocenters. The van der Waals surface area contributed by atoms with E-state index in [2.05, 4.69) is 4.74 Å². The second-order valence-corrected chi connectivity index (χ2v) is 6.91. The summed E-state index contributed by atoms with van der Waals surface area (Å²) in [5.41, 5.74) is 3.62. The number of hydrogen-bond donors (Lipinski definition) is 1. The highest BCUT2D eigenvalue weighted by atomic mass is 19.4. The summed E-state index contributed by atoms with van der Waals surface area (Å²) in [5.74, 6) is -0.420. The van der Waals surface area contributed by atoms with Crippen molar-refractivity contribution in [3.63, 3.8) is 0 Å². The van der Waals surface area contributed by atoms with Crippen molar-refractivity contribution in [3.8, 4) is 5.75 Å². The van der Waals surface area contributed by atoms with E-state index in [1.165, 1.54) is 30.0 Å².